The molecule has 1 aliphatic heterocycles. The fourth-order valence-electron chi connectivity index (χ4n) is 2.87. The fourth-order valence-corrected chi connectivity index (χ4v) is 7.32. The van der Waals surface area contributed by atoms with Crippen LogP contribution in [-0.4, -0.2) is 27.7 Å². The van der Waals surface area contributed by atoms with Crippen molar-refractivity contribution >= 4 is 37.3 Å². The third-order valence-electron chi connectivity index (χ3n) is 4.15. The zero-order valence-electron chi connectivity index (χ0n) is 14.5. The van der Waals surface area contributed by atoms with Gasteiger partial charge in [0, 0.05) is 11.9 Å². The van der Waals surface area contributed by atoms with Gasteiger partial charge in [-0.2, -0.15) is 20.5 Å². The topological polar surface area (TPSA) is 114 Å². The summed E-state index contributed by atoms with van der Waals surface area (Å²) in [6.45, 7) is 0. The SMILES string of the molecule is O=C(Nc1ccc(N2S(=O)(=O)c3ccccc3S2(=O)=O)cc1)c1ncccc1F. The average molecular weight is 433 g/mol. The van der Waals surface area contributed by atoms with Crippen molar-refractivity contribution in [2.24, 2.45) is 0 Å². The molecule has 1 aromatic heterocycles. The molecule has 148 valence electrons. The fraction of sp³-hybridized carbons (Fsp3) is 0. The van der Waals surface area contributed by atoms with Gasteiger partial charge in [0.1, 0.15) is 9.79 Å². The van der Waals surface area contributed by atoms with Gasteiger partial charge < -0.3 is 5.32 Å². The minimum Gasteiger partial charge on any atom is -0.321 e. The first-order valence-corrected chi connectivity index (χ1v) is 11.0. The quantitative estimate of drug-likeness (QED) is 0.678. The molecule has 0 aliphatic carbocycles. The van der Waals surface area contributed by atoms with Crippen LogP contribution >= 0.6 is 0 Å². The van der Waals surface area contributed by atoms with Gasteiger partial charge in [0.25, 0.3) is 26.0 Å². The van der Waals surface area contributed by atoms with Crippen LogP contribution in [0.1, 0.15) is 10.5 Å². The molecule has 0 radical (unpaired) electrons. The monoisotopic (exact) mass is 433 g/mol. The molecule has 11 heteroatoms. The number of rotatable bonds is 3. The van der Waals surface area contributed by atoms with Crippen molar-refractivity contribution in [2.45, 2.75) is 9.79 Å². The lowest BCUT2D eigenvalue weighted by molar-refractivity contribution is 0.101. The second kappa shape index (κ2) is 6.64. The molecule has 8 nitrogen and oxygen atoms in total. The van der Waals surface area contributed by atoms with E-state index in [0.717, 1.165) is 6.07 Å². The zero-order chi connectivity index (χ0) is 20.8. The Bertz CT molecular complexity index is 1290. The number of hydrogen-bond donors (Lipinski definition) is 1. The summed E-state index contributed by atoms with van der Waals surface area (Å²) in [5, 5.41) is 2.42. The highest BCUT2D eigenvalue weighted by molar-refractivity contribution is 8.12. The maximum Gasteiger partial charge on any atom is 0.279 e. The molecule has 2 aromatic carbocycles. The van der Waals surface area contributed by atoms with Crippen molar-refractivity contribution in [3.63, 3.8) is 0 Å². The molecule has 1 aliphatic rings. The predicted octanol–water partition coefficient (Wildman–Crippen LogP) is 2.37. The summed E-state index contributed by atoms with van der Waals surface area (Å²) < 4.78 is 64.8. The van der Waals surface area contributed by atoms with Crippen molar-refractivity contribution in [3.8, 4) is 0 Å². The first-order chi connectivity index (χ1) is 13.7. The number of hydrogen-bond acceptors (Lipinski definition) is 6. The molecule has 0 unspecified atom stereocenters. The molecule has 0 saturated heterocycles. The van der Waals surface area contributed by atoms with Gasteiger partial charge in [0.05, 0.1) is 5.69 Å². The van der Waals surface area contributed by atoms with Crippen LogP contribution in [0.5, 0.6) is 0 Å². The van der Waals surface area contributed by atoms with E-state index in [1.807, 2.05) is 0 Å². The number of nitrogens with zero attached hydrogens (tertiary/aromatic N) is 2. The predicted molar refractivity (Wildman–Crippen MR) is 102 cm³/mol. The third-order valence-corrected chi connectivity index (χ3v) is 8.58. The molecular weight excluding hydrogens is 421 g/mol. The Hall–Kier alpha value is -3.31. The Morgan fingerprint density at radius 1 is 0.862 bits per heavy atom. The first-order valence-electron chi connectivity index (χ1n) is 8.14. The van der Waals surface area contributed by atoms with E-state index >= 15 is 0 Å². The maximum atomic E-state index is 13.6. The van der Waals surface area contributed by atoms with Crippen LogP contribution in [0.2, 0.25) is 0 Å². The van der Waals surface area contributed by atoms with Gasteiger partial charge in [-0.05, 0) is 48.5 Å². The van der Waals surface area contributed by atoms with Crippen LogP contribution in [0.15, 0.2) is 76.7 Å². The third kappa shape index (κ3) is 3.04. The van der Waals surface area contributed by atoms with Gasteiger partial charge >= 0.3 is 0 Å². The van der Waals surface area contributed by atoms with E-state index in [2.05, 4.69) is 10.3 Å². The normalized spacial score (nSPS) is 16.2. The van der Waals surface area contributed by atoms with Gasteiger partial charge in [-0.15, -0.1) is 0 Å². The first kappa shape index (κ1) is 19.0. The Morgan fingerprint density at radius 2 is 1.45 bits per heavy atom. The Kier molecular flexibility index (Phi) is 4.35. The van der Waals surface area contributed by atoms with Gasteiger partial charge in [0.15, 0.2) is 11.5 Å². The second-order valence-corrected chi connectivity index (χ2v) is 9.73. The van der Waals surface area contributed by atoms with E-state index in [-0.39, 0.29) is 21.2 Å². The molecule has 0 spiro atoms. The van der Waals surface area contributed by atoms with Crippen LogP contribution in [0.3, 0.4) is 0 Å². The highest BCUT2D eigenvalue weighted by Gasteiger charge is 2.47. The molecule has 0 bridgehead atoms. The van der Waals surface area contributed by atoms with Gasteiger partial charge in [-0.25, -0.2) is 9.37 Å². The molecule has 4 rings (SSSR count). The number of sulfonamides is 2. The standard InChI is InChI=1S/C18H12FN3O5S2/c19-14-4-3-11-20-17(14)18(23)21-12-7-9-13(10-8-12)22-28(24,25)15-5-1-2-6-16(15)29(22,26)27/h1-11H,(H,21,23). The van der Waals surface area contributed by atoms with Crippen LogP contribution < -0.4 is 9.03 Å². The summed E-state index contributed by atoms with van der Waals surface area (Å²) in [5.41, 5.74) is -0.324. The molecule has 2 heterocycles. The summed E-state index contributed by atoms with van der Waals surface area (Å²) >= 11 is 0. The molecule has 0 saturated carbocycles. The summed E-state index contributed by atoms with van der Waals surface area (Å²) in [4.78, 5) is 15.2. The number of halogens is 1. The summed E-state index contributed by atoms with van der Waals surface area (Å²) in [7, 11) is -8.59. The molecule has 0 fully saturated rings. The number of carbonyl (C=O) groups is 1. The van der Waals surface area contributed by atoms with E-state index in [4.69, 9.17) is 0 Å². The van der Waals surface area contributed by atoms with Crippen LogP contribution in [0.4, 0.5) is 15.8 Å². The van der Waals surface area contributed by atoms with E-state index < -0.39 is 37.5 Å². The van der Waals surface area contributed by atoms with E-state index in [1.54, 1.807) is 0 Å². The van der Waals surface area contributed by atoms with E-state index in [1.165, 1.54) is 60.8 Å². The average Bonchev–Trinajstić information content (AvgIpc) is 2.85. The Balaban J connectivity index is 1.65. The smallest absolute Gasteiger partial charge is 0.279 e. The van der Waals surface area contributed by atoms with Gasteiger partial charge in [0.2, 0.25) is 0 Å². The van der Waals surface area contributed by atoms with Crippen molar-refractivity contribution < 1.29 is 26.0 Å². The number of carbonyl (C=O) groups excluding carboxylic acids is 1. The van der Waals surface area contributed by atoms with Crippen molar-refractivity contribution in [1.82, 2.24) is 4.98 Å². The molecule has 1 N–H and O–H groups in total. The highest BCUT2D eigenvalue weighted by atomic mass is 32.3. The van der Waals surface area contributed by atoms with Crippen molar-refractivity contribution in [1.29, 1.82) is 0 Å². The van der Waals surface area contributed by atoms with E-state index in [0.29, 0.717) is 3.71 Å². The number of amides is 1. The number of aromatic nitrogens is 1. The molecule has 3 aromatic rings. The van der Waals surface area contributed by atoms with Crippen LogP contribution in [0.25, 0.3) is 0 Å². The minimum absolute atomic E-state index is 0.122. The highest BCUT2D eigenvalue weighted by Crippen LogP contribution is 2.40. The number of fused-ring (bicyclic) bond motifs is 1. The maximum absolute atomic E-state index is 13.6. The summed E-state index contributed by atoms with van der Waals surface area (Å²) in [5.74, 6) is -1.60. The molecule has 0 atom stereocenters. The largest absolute Gasteiger partial charge is 0.321 e. The van der Waals surface area contributed by atoms with E-state index in [9.17, 15) is 26.0 Å². The second-order valence-electron chi connectivity index (χ2n) is 5.99. The number of nitrogens with one attached hydrogen (secondary N) is 1. The van der Waals surface area contributed by atoms with Crippen molar-refractivity contribution in [2.75, 3.05) is 9.03 Å². The summed E-state index contributed by atoms with van der Waals surface area (Å²) in [6.07, 6.45) is 1.27. The van der Waals surface area contributed by atoms with Gasteiger partial charge in [-0.1, -0.05) is 12.1 Å². The number of anilines is 2. The Morgan fingerprint density at radius 3 is 2.00 bits per heavy atom. The zero-order valence-corrected chi connectivity index (χ0v) is 16.1. The summed E-state index contributed by atoms with van der Waals surface area (Å²) in [6, 6.07) is 12.8. The molecule has 1 amide bonds. The Labute approximate surface area is 165 Å². The number of benzene rings is 2. The lowest BCUT2D eigenvalue weighted by atomic mass is 10.2. The number of pyridine rings is 1. The van der Waals surface area contributed by atoms with Crippen molar-refractivity contribution in [3.05, 3.63) is 78.4 Å². The lowest BCUT2D eigenvalue weighted by Gasteiger charge is -2.16. The van der Waals surface area contributed by atoms with Crippen LogP contribution in [0, 0.1) is 5.82 Å². The minimum atomic E-state index is -4.29. The van der Waals surface area contributed by atoms with Gasteiger partial charge in [-0.3, -0.25) is 4.79 Å². The molecular formula is C18H12FN3O5S2. The van der Waals surface area contributed by atoms with Crippen LogP contribution in [-0.2, 0) is 20.0 Å². The molecule has 29 heavy (non-hydrogen) atoms. The lowest BCUT2D eigenvalue weighted by Crippen LogP contribution is -2.30.